The molecular weight excluding hydrogens is 318 g/mol. The molecule has 0 fully saturated rings. The molecule has 0 aliphatic rings. The number of para-hydroxylation sites is 2. The van der Waals surface area contributed by atoms with Gasteiger partial charge in [0.05, 0.1) is 12.6 Å². The Kier molecular flexibility index (Phi) is 5.16. The fourth-order valence-electron chi connectivity index (χ4n) is 2.31. The van der Waals surface area contributed by atoms with Crippen LogP contribution in [0.2, 0.25) is 0 Å². The van der Waals surface area contributed by atoms with E-state index >= 15 is 0 Å². The molecule has 0 bridgehead atoms. The Balaban J connectivity index is 1.55. The van der Waals surface area contributed by atoms with Crippen LogP contribution in [0.1, 0.15) is 5.56 Å². The molecule has 3 rings (SSSR count). The molecule has 126 valence electrons. The quantitative estimate of drug-likeness (QED) is 0.553. The number of benzene rings is 2. The summed E-state index contributed by atoms with van der Waals surface area (Å²) in [6.45, 7) is 0.0497. The van der Waals surface area contributed by atoms with E-state index in [1.165, 1.54) is 10.9 Å². The number of amides is 1. The van der Waals surface area contributed by atoms with E-state index in [0.29, 0.717) is 0 Å². The first-order valence-electron chi connectivity index (χ1n) is 7.68. The van der Waals surface area contributed by atoms with E-state index in [-0.39, 0.29) is 12.5 Å². The van der Waals surface area contributed by atoms with Gasteiger partial charge in [-0.25, -0.2) is 10.1 Å². The first-order chi connectivity index (χ1) is 12.3. The smallest absolute Gasteiger partial charge is 0.261 e. The minimum Gasteiger partial charge on any atom is -0.496 e. The summed E-state index contributed by atoms with van der Waals surface area (Å²) in [5, 5.41) is 11.9. The predicted molar refractivity (Wildman–Crippen MR) is 96.2 cm³/mol. The lowest BCUT2D eigenvalue weighted by Crippen LogP contribution is -2.23. The van der Waals surface area contributed by atoms with E-state index in [1.54, 1.807) is 13.2 Å². The van der Waals surface area contributed by atoms with Gasteiger partial charge in [-0.1, -0.05) is 35.5 Å². The van der Waals surface area contributed by atoms with Gasteiger partial charge in [-0.3, -0.25) is 4.79 Å². The van der Waals surface area contributed by atoms with Gasteiger partial charge in [-0.2, -0.15) is 5.10 Å². The van der Waals surface area contributed by atoms with Gasteiger partial charge in [0.2, 0.25) is 0 Å². The van der Waals surface area contributed by atoms with E-state index in [0.717, 1.165) is 22.3 Å². The highest BCUT2D eigenvalue weighted by Crippen LogP contribution is 2.18. The summed E-state index contributed by atoms with van der Waals surface area (Å²) in [4.78, 5) is 11.9. The van der Waals surface area contributed by atoms with Gasteiger partial charge in [-0.05, 0) is 30.4 Å². The number of nitrogens with zero attached hydrogens (tertiary/aromatic N) is 4. The van der Waals surface area contributed by atoms with Crippen molar-refractivity contribution in [1.29, 1.82) is 0 Å². The Morgan fingerprint density at radius 3 is 2.92 bits per heavy atom. The van der Waals surface area contributed by atoms with Crippen molar-refractivity contribution in [3.05, 3.63) is 60.2 Å². The maximum Gasteiger partial charge on any atom is 0.261 e. The number of nitrogens with one attached hydrogen (secondary N) is 1. The molecule has 3 aromatic rings. The number of rotatable bonds is 6. The Morgan fingerprint density at radius 1 is 1.24 bits per heavy atom. The van der Waals surface area contributed by atoms with E-state index in [2.05, 4.69) is 20.8 Å². The third kappa shape index (κ3) is 4.08. The number of hydrogen-bond donors (Lipinski definition) is 1. The first-order valence-corrected chi connectivity index (χ1v) is 7.68. The molecule has 1 aromatic heterocycles. The summed E-state index contributed by atoms with van der Waals surface area (Å²) in [6.07, 6.45) is 5.08. The van der Waals surface area contributed by atoms with Gasteiger partial charge < -0.3 is 4.74 Å². The number of fused-ring (bicyclic) bond motifs is 1. The number of hydrazone groups is 1. The lowest BCUT2D eigenvalue weighted by Gasteiger charge is -2.02. The molecule has 0 radical (unpaired) electrons. The van der Waals surface area contributed by atoms with Crippen LogP contribution in [-0.4, -0.2) is 34.2 Å². The Hall–Kier alpha value is -3.48. The maximum absolute atomic E-state index is 11.9. The highest BCUT2D eigenvalue weighted by Gasteiger charge is 2.07. The van der Waals surface area contributed by atoms with Crippen LogP contribution in [0, 0.1) is 0 Å². The van der Waals surface area contributed by atoms with Gasteiger partial charge >= 0.3 is 0 Å². The minimum absolute atomic E-state index is 0.0497. The topological polar surface area (TPSA) is 81.4 Å². The van der Waals surface area contributed by atoms with E-state index in [1.807, 2.05) is 54.6 Å². The third-order valence-electron chi connectivity index (χ3n) is 3.48. The zero-order valence-electron chi connectivity index (χ0n) is 13.7. The van der Waals surface area contributed by atoms with Crippen LogP contribution in [0.15, 0.2) is 59.7 Å². The van der Waals surface area contributed by atoms with Crippen molar-refractivity contribution in [2.75, 3.05) is 7.11 Å². The van der Waals surface area contributed by atoms with E-state index < -0.39 is 0 Å². The number of carbonyl (C=O) groups excluding carboxylic acids is 1. The van der Waals surface area contributed by atoms with Crippen LogP contribution in [0.4, 0.5) is 0 Å². The monoisotopic (exact) mass is 335 g/mol. The van der Waals surface area contributed by atoms with Crippen LogP contribution >= 0.6 is 0 Å². The van der Waals surface area contributed by atoms with Crippen LogP contribution in [-0.2, 0) is 11.3 Å². The summed E-state index contributed by atoms with van der Waals surface area (Å²) < 4.78 is 6.79. The molecule has 0 aliphatic carbocycles. The maximum atomic E-state index is 11.9. The summed E-state index contributed by atoms with van der Waals surface area (Å²) in [5.74, 6) is 0.492. The first kappa shape index (κ1) is 16.4. The van der Waals surface area contributed by atoms with Crippen molar-refractivity contribution in [2.24, 2.45) is 5.10 Å². The molecule has 0 atom stereocenters. The van der Waals surface area contributed by atoms with Crippen molar-refractivity contribution in [3.8, 4) is 5.75 Å². The second-order valence-corrected chi connectivity index (χ2v) is 5.15. The fourth-order valence-corrected chi connectivity index (χ4v) is 2.31. The largest absolute Gasteiger partial charge is 0.496 e. The molecule has 25 heavy (non-hydrogen) atoms. The van der Waals surface area contributed by atoms with Crippen molar-refractivity contribution in [1.82, 2.24) is 20.4 Å². The van der Waals surface area contributed by atoms with Gasteiger partial charge in [-0.15, -0.1) is 5.10 Å². The zero-order valence-corrected chi connectivity index (χ0v) is 13.7. The number of carbonyl (C=O) groups is 1. The number of hydrogen-bond acceptors (Lipinski definition) is 5. The Morgan fingerprint density at radius 2 is 2.04 bits per heavy atom. The van der Waals surface area contributed by atoms with Crippen LogP contribution in [0.3, 0.4) is 0 Å². The second kappa shape index (κ2) is 7.87. The highest BCUT2D eigenvalue weighted by atomic mass is 16.5. The molecular formula is C18H17N5O2. The minimum atomic E-state index is -0.280. The fraction of sp³-hybridized carbons (Fsp3) is 0.111. The van der Waals surface area contributed by atoms with Crippen LogP contribution in [0.25, 0.3) is 17.1 Å². The molecule has 0 saturated heterocycles. The molecule has 1 amide bonds. The van der Waals surface area contributed by atoms with Gasteiger partial charge in [0.25, 0.3) is 5.91 Å². The normalized spacial score (nSPS) is 11.4. The molecule has 0 saturated carbocycles. The van der Waals surface area contributed by atoms with Crippen molar-refractivity contribution >= 4 is 29.2 Å². The SMILES string of the molecule is COc1ccccc1/C=C/C=N\NC(=O)Cn1nnc2ccccc21. The summed E-state index contributed by atoms with van der Waals surface area (Å²) in [5.41, 5.74) is 4.94. The Labute approximate surface area is 144 Å². The average molecular weight is 335 g/mol. The molecule has 0 spiro atoms. The lowest BCUT2D eigenvalue weighted by molar-refractivity contribution is -0.121. The van der Waals surface area contributed by atoms with Gasteiger partial charge in [0, 0.05) is 11.8 Å². The number of allylic oxidation sites excluding steroid dienone is 1. The van der Waals surface area contributed by atoms with Crippen molar-refractivity contribution in [3.63, 3.8) is 0 Å². The molecule has 1 heterocycles. The van der Waals surface area contributed by atoms with E-state index in [4.69, 9.17) is 4.74 Å². The van der Waals surface area contributed by atoms with Crippen molar-refractivity contribution in [2.45, 2.75) is 6.54 Å². The van der Waals surface area contributed by atoms with Gasteiger partial charge in [0.1, 0.15) is 17.8 Å². The summed E-state index contributed by atoms with van der Waals surface area (Å²) >= 11 is 0. The van der Waals surface area contributed by atoms with Crippen LogP contribution in [0.5, 0.6) is 5.75 Å². The second-order valence-electron chi connectivity index (χ2n) is 5.15. The molecule has 0 unspecified atom stereocenters. The summed E-state index contributed by atoms with van der Waals surface area (Å²) in [7, 11) is 1.62. The van der Waals surface area contributed by atoms with E-state index in [9.17, 15) is 4.79 Å². The molecule has 1 N–H and O–H groups in total. The Bertz CT molecular complexity index is 930. The van der Waals surface area contributed by atoms with Crippen molar-refractivity contribution < 1.29 is 9.53 Å². The average Bonchev–Trinajstić information content (AvgIpc) is 3.05. The molecule has 2 aromatic carbocycles. The molecule has 0 aliphatic heterocycles. The van der Waals surface area contributed by atoms with Crippen LogP contribution < -0.4 is 10.2 Å². The predicted octanol–water partition coefficient (Wildman–Crippen LogP) is 2.26. The highest BCUT2D eigenvalue weighted by molar-refractivity contribution is 5.83. The number of ether oxygens (including phenoxy) is 1. The number of aromatic nitrogens is 3. The standard InChI is InChI=1S/C18H17N5O2/c1-25-17-11-5-2-7-14(17)8-6-12-19-21-18(24)13-23-16-10-4-3-9-15(16)20-22-23/h2-12H,13H2,1H3,(H,21,24)/b8-6+,19-12-. The number of methoxy groups -OCH3 is 1. The molecule has 7 nitrogen and oxygen atoms in total. The summed E-state index contributed by atoms with van der Waals surface area (Å²) in [6, 6.07) is 15.1. The molecule has 7 heteroatoms. The zero-order chi connectivity index (χ0) is 17.5. The lowest BCUT2D eigenvalue weighted by atomic mass is 10.2. The third-order valence-corrected chi connectivity index (χ3v) is 3.48. The van der Waals surface area contributed by atoms with Gasteiger partial charge in [0.15, 0.2) is 0 Å².